The van der Waals surface area contributed by atoms with Gasteiger partial charge in [0.25, 0.3) is 5.91 Å². The molecule has 0 bridgehead atoms. The van der Waals surface area contributed by atoms with Crippen molar-refractivity contribution in [3.05, 3.63) is 75.4 Å². The lowest BCUT2D eigenvalue weighted by Gasteiger charge is -2.40. The van der Waals surface area contributed by atoms with E-state index in [1.807, 2.05) is 41.5 Å². The Balaban J connectivity index is 1.47. The lowest BCUT2D eigenvalue weighted by molar-refractivity contribution is -0.133. The second-order valence-electron chi connectivity index (χ2n) is 10.9. The van der Waals surface area contributed by atoms with Crippen LogP contribution in [0, 0.1) is 13.8 Å². The van der Waals surface area contributed by atoms with Crippen LogP contribution in [-0.4, -0.2) is 64.4 Å². The molecule has 1 N–H and O–H groups in total. The maximum Gasteiger partial charge on any atom is 0.257 e. The van der Waals surface area contributed by atoms with Gasteiger partial charge in [-0.2, -0.15) is 0 Å². The molecule has 2 aliphatic heterocycles. The van der Waals surface area contributed by atoms with Crippen LogP contribution in [0.4, 0.5) is 0 Å². The Hall–Kier alpha value is -3.59. The quantitative estimate of drug-likeness (QED) is 0.413. The van der Waals surface area contributed by atoms with Gasteiger partial charge in [0, 0.05) is 34.7 Å². The summed E-state index contributed by atoms with van der Waals surface area (Å²) in [5, 5.41) is 3.86. The first-order valence-electron chi connectivity index (χ1n) is 13.5. The highest BCUT2D eigenvalue weighted by Crippen LogP contribution is 2.39. The molecule has 3 aromatic rings. The van der Waals surface area contributed by atoms with Gasteiger partial charge in [-0.25, -0.2) is 0 Å². The number of ether oxygens (including phenoxy) is 1. The van der Waals surface area contributed by atoms with Gasteiger partial charge in [0.1, 0.15) is 12.3 Å². The van der Waals surface area contributed by atoms with E-state index in [1.54, 1.807) is 12.0 Å². The normalized spacial score (nSPS) is 18.8. The fraction of sp³-hybridized carbons (Fsp3) is 0.387. The minimum Gasteiger partial charge on any atom is -0.497 e. The van der Waals surface area contributed by atoms with Gasteiger partial charge in [-0.3, -0.25) is 14.4 Å². The molecule has 9 heteroatoms. The van der Waals surface area contributed by atoms with Crippen molar-refractivity contribution >= 4 is 44.6 Å². The van der Waals surface area contributed by atoms with Crippen LogP contribution in [0.1, 0.15) is 52.6 Å². The van der Waals surface area contributed by atoms with Crippen molar-refractivity contribution in [2.45, 2.75) is 58.8 Å². The van der Waals surface area contributed by atoms with E-state index in [-0.39, 0.29) is 42.4 Å². The summed E-state index contributed by atoms with van der Waals surface area (Å²) < 4.78 is 8.26. The van der Waals surface area contributed by atoms with Crippen LogP contribution in [0.25, 0.3) is 10.9 Å². The Morgan fingerprint density at radius 3 is 2.55 bits per heavy atom. The number of aromatic nitrogens is 1. The topological polar surface area (TPSA) is 83.9 Å². The number of nitrogens with zero attached hydrogens (tertiary/aromatic N) is 3. The van der Waals surface area contributed by atoms with Crippen molar-refractivity contribution in [2.24, 2.45) is 0 Å². The zero-order valence-electron chi connectivity index (χ0n) is 23.6. The number of fused-ring (bicyclic) bond motifs is 2. The molecular formula is C31H35BrN4O4. The van der Waals surface area contributed by atoms with Crippen molar-refractivity contribution in [2.75, 3.05) is 20.2 Å². The minimum absolute atomic E-state index is 0.0173. The number of likely N-dealkylation sites (tertiary alicyclic amines) is 1. The van der Waals surface area contributed by atoms with E-state index in [2.05, 4.69) is 53.8 Å². The average molecular weight is 608 g/mol. The summed E-state index contributed by atoms with van der Waals surface area (Å²) in [5.41, 5.74) is 5.54. The molecule has 0 spiro atoms. The van der Waals surface area contributed by atoms with Crippen molar-refractivity contribution < 1.29 is 19.1 Å². The molecule has 3 heterocycles. The van der Waals surface area contributed by atoms with E-state index < -0.39 is 0 Å². The summed E-state index contributed by atoms with van der Waals surface area (Å²) in [6.07, 6.45) is 2.02. The summed E-state index contributed by atoms with van der Waals surface area (Å²) >= 11 is 3.61. The number of nitrogens with one attached hydrogen (secondary N) is 1. The average Bonchev–Trinajstić information content (AvgIpc) is 3.15. The molecule has 2 aliphatic rings. The van der Waals surface area contributed by atoms with Gasteiger partial charge in [0.2, 0.25) is 11.8 Å². The first-order valence-corrected chi connectivity index (χ1v) is 14.3. The Morgan fingerprint density at radius 2 is 1.88 bits per heavy atom. The molecule has 1 saturated heterocycles. The van der Waals surface area contributed by atoms with E-state index in [0.717, 1.165) is 44.4 Å². The molecule has 2 atom stereocenters. The summed E-state index contributed by atoms with van der Waals surface area (Å²) in [4.78, 5) is 42.9. The molecule has 40 heavy (non-hydrogen) atoms. The number of benzene rings is 2. The third kappa shape index (κ3) is 4.80. The van der Waals surface area contributed by atoms with E-state index in [1.165, 1.54) is 11.6 Å². The number of hydrogen-bond acceptors (Lipinski definition) is 4. The Morgan fingerprint density at radius 1 is 1.15 bits per heavy atom. The largest absolute Gasteiger partial charge is 0.497 e. The van der Waals surface area contributed by atoms with Gasteiger partial charge in [-0.1, -0.05) is 28.6 Å². The fourth-order valence-electron chi connectivity index (χ4n) is 6.29. The van der Waals surface area contributed by atoms with E-state index in [0.29, 0.717) is 18.7 Å². The molecule has 2 aromatic carbocycles. The number of methoxy groups -OCH3 is 1. The van der Waals surface area contributed by atoms with Crippen molar-refractivity contribution in [1.82, 2.24) is 19.7 Å². The predicted molar refractivity (Wildman–Crippen MR) is 159 cm³/mol. The van der Waals surface area contributed by atoms with Crippen LogP contribution >= 0.6 is 15.9 Å². The van der Waals surface area contributed by atoms with Gasteiger partial charge >= 0.3 is 0 Å². The summed E-state index contributed by atoms with van der Waals surface area (Å²) in [6.45, 7) is 12.6. The van der Waals surface area contributed by atoms with E-state index in [9.17, 15) is 14.4 Å². The van der Waals surface area contributed by atoms with Crippen molar-refractivity contribution in [3.8, 4) is 5.75 Å². The zero-order chi connectivity index (χ0) is 28.9. The monoisotopic (exact) mass is 606 g/mol. The van der Waals surface area contributed by atoms with Crippen LogP contribution in [0.2, 0.25) is 0 Å². The SMILES string of the molecule is C=CC(=O)N1CC(NC(=O)Cn2c(C)c(C(=O)N3[C@@H](C)Cc4cc(OC)ccc4[C@@H]3C)c3cc(Br)cc(C)c32)C1. The number of rotatable bonds is 6. The van der Waals surface area contributed by atoms with Crippen LogP contribution in [0.15, 0.2) is 47.5 Å². The predicted octanol–water partition coefficient (Wildman–Crippen LogP) is 4.69. The fourth-order valence-corrected chi connectivity index (χ4v) is 6.86. The molecule has 1 fully saturated rings. The smallest absolute Gasteiger partial charge is 0.257 e. The number of amides is 3. The van der Waals surface area contributed by atoms with Crippen molar-refractivity contribution in [3.63, 3.8) is 0 Å². The summed E-state index contributed by atoms with van der Waals surface area (Å²) in [5.74, 6) is 0.486. The lowest BCUT2D eigenvalue weighted by atomic mass is 9.88. The number of halogens is 1. The number of aryl methyl sites for hydroxylation is 1. The first-order chi connectivity index (χ1) is 19.0. The molecule has 0 radical (unpaired) electrons. The van der Waals surface area contributed by atoms with Crippen LogP contribution in [-0.2, 0) is 22.6 Å². The third-order valence-corrected chi connectivity index (χ3v) is 8.72. The molecule has 0 unspecified atom stereocenters. The molecule has 0 saturated carbocycles. The number of carbonyl (C=O) groups is 3. The molecule has 5 rings (SSSR count). The van der Waals surface area contributed by atoms with Crippen LogP contribution < -0.4 is 10.1 Å². The summed E-state index contributed by atoms with van der Waals surface area (Å²) in [6, 6.07) is 9.81. The molecule has 3 amide bonds. The summed E-state index contributed by atoms with van der Waals surface area (Å²) in [7, 11) is 1.66. The maximum atomic E-state index is 14.4. The Kier molecular flexibility index (Phi) is 7.52. The molecule has 1 aromatic heterocycles. The Bertz CT molecular complexity index is 1540. The number of carbonyl (C=O) groups excluding carboxylic acids is 3. The molecular weight excluding hydrogens is 572 g/mol. The Labute approximate surface area is 243 Å². The standard InChI is InChI=1S/C31H35BrN4O4/c1-7-28(38)34-14-23(15-34)33-27(37)16-35-20(5)29(26-13-22(32)10-17(2)30(26)35)31(39)36-18(3)11-21-12-24(40-6)8-9-25(21)19(36)4/h7-10,12-13,18-19,23H,1,11,14-16H2,2-6H3,(H,33,37)/t18-,19-/m0/s1. The van der Waals surface area contributed by atoms with Crippen LogP contribution in [0.3, 0.4) is 0 Å². The van der Waals surface area contributed by atoms with Gasteiger partial charge in [-0.15, -0.1) is 0 Å². The van der Waals surface area contributed by atoms with Gasteiger partial charge in [0.15, 0.2) is 0 Å². The van der Waals surface area contributed by atoms with E-state index >= 15 is 0 Å². The molecule has 0 aliphatic carbocycles. The highest BCUT2D eigenvalue weighted by atomic mass is 79.9. The first kappa shape index (κ1) is 28.0. The maximum absolute atomic E-state index is 14.4. The second-order valence-corrected chi connectivity index (χ2v) is 11.8. The van der Waals surface area contributed by atoms with E-state index in [4.69, 9.17) is 4.74 Å². The van der Waals surface area contributed by atoms with Crippen molar-refractivity contribution in [1.29, 1.82) is 0 Å². The lowest BCUT2D eigenvalue weighted by Crippen LogP contribution is -2.61. The highest BCUT2D eigenvalue weighted by Gasteiger charge is 2.36. The highest BCUT2D eigenvalue weighted by molar-refractivity contribution is 9.10. The number of hydrogen-bond donors (Lipinski definition) is 1. The minimum atomic E-state index is -0.153. The van der Waals surface area contributed by atoms with Gasteiger partial charge in [-0.05, 0) is 81.1 Å². The molecule has 210 valence electrons. The second kappa shape index (κ2) is 10.8. The van der Waals surface area contributed by atoms with Gasteiger partial charge in [0.05, 0.1) is 30.3 Å². The van der Waals surface area contributed by atoms with Gasteiger partial charge < -0.3 is 24.4 Å². The van der Waals surface area contributed by atoms with Crippen LogP contribution in [0.5, 0.6) is 5.75 Å². The third-order valence-electron chi connectivity index (χ3n) is 8.26. The molecule has 8 nitrogen and oxygen atoms in total. The zero-order valence-corrected chi connectivity index (χ0v) is 25.2.